The molecule has 0 aromatic heterocycles. The highest BCUT2D eigenvalue weighted by Gasteiger charge is 2.27. The van der Waals surface area contributed by atoms with Crippen LogP contribution in [0.15, 0.2) is 61.2 Å². The number of esters is 1. The minimum absolute atomic E-state index is 0.0223. The lowest BCUT2D eigenvalue weighted by Gasteiger charge is -2.29. The van der Waals surface area contributed by atoms with E-state index in [2.05, 4.69) is 6.58 Å². The molecule has 1 fully saturated rings. The number of hydrogen-bond donors (Lipinski definition) is 0. The molecule has 38 heavy (non-hydrogen) atoms. The molecule has 0 spiro atoms. The van der Waals surface area contributed by atoms with E-state index < -0.39 is 34.8 Å². The van der Waals surface area contributed by atoms with E-state index in [4.69, 9.17) is 14.2 Å². The first-order valence-electron chi connectivity index (χ1n) is 12.5. The van der Waals surface area contributed by atoms with Crippen molar-refractivity contribution in [2.24, 2.45) is 0 Å². The fourth-order valence-electron chi connectivity index (χ4n) is 4.69. The summed E-state index contributed by atoms with van der Waals surface area (Å²) in [7, 11) is 0. The van der Waals surface area contributed by atoms with Crippen molar-refractivity contribution < 1.29 is 36.6 Å². The smallest absolute Gasteiger partial charge is 0.346 e. The molecule has 1 aliphatic rings. The molecule has 0 bridgehead atoms. The van der Waals surface area contributed by atoms with Crippen molar-refractivity contribution in [1.29, 1.82) is 0 Å². The number of hydrogen-bond acceptors (Lipinski definition) is 4. The van der Waals surface area contributed by atoms with Crippen molar-refractivity contribution >= 4 is 5.97 Å². The van der Waals surface area contributed by atoms with Gasteiger partial charge in [0.1, 0.15) is 12.4 Å². The lowest BCUT2D eigenvalue weighted by molar-refractivity contribution is 0.0325. The third kappa shape index (κ3) is 5.91. The lowest BCUT2D eigenvalue weighted by atomic mass is 9.82. The number of benzene rings is 3. The summed E-state index contributed by atoms with van der Waals surface area (Å²) in [6, 6.07) is 11.0. The van der Waals surface area contributed by atoms with Crippen LogP contribution in [0.4, 0.5) is 17.6 Å². The lowest BCUT2D eigenvalue weighted by Crippen LogP contribution is -2.21. The molecule has 0 unspecified atom stereocenters. The second-order valence-electron chi connectivity index (χ2n) is 9.01. The number of ether oxygens (including phenoxy) is 3. The van der Waals surface area contributed by atoms with Gasteiger partial charge in [-0.25, -0.2) is 18.0 Å². The fourth-order valence-corrected chi connectivity index (χ4v) is 4.69. The molecule has 0 saturated heterocycles. The Balaban J connectivity index is 1.46. The van der Waals surface area contributed by atoms with E-state index in [0.717, 1.165) is 37.8 Å². The van der Waals surface area contributed by atoms with Gasteiger partial charge < -0.3 is 14.2 Å². The normalized spacial score (nSPS) is 17.2. The van der Waals surface area contributed by atoms with Gasteiger partial charge in [-0.15, -0.1) is 0 Å². The summed E-state index contributed by atoms with van der Waals surface area (Å²) < 4.78 is 74.4. The van der Waals surface area contributed by atoms with Crippen LogP contribution < -0.4 is 9.47 Å². The second kappa shape index (κ2) is 12.3. The molecule has 3 aromatic carbocycles. The fraction of sp³-hybridized carbons (Fsp3) is 0.300. The van der Waals surface area contributed by atoms with Crippen LogP contribution in [0.25, 0.3) is 11.1 Å². The topological polar surface area (TPSA) is 44.8 Å². The van der Waals surface area contributed by atoms with Gasteiger partial charge in [-0.1, -0.05) is 36.9 Å². The number of carbonyl (C=O) groups excluding carboxylic acids is 1. The van der Waals surface area contributed by atoms with Gasteiger partial charge in [0, 0.05) is 12.2 Å². The third-order valence-electron chi connectivity index (χ3n) is 6.63. The Hall–Kier alpha value is -3.65. The molecule has 4 nitrogen and oxygen atoms in total. The molecule has 200 valence electrons. The molecule has 1 saturated carbocycles. The van der Waals surface area contributed by atoms with Crippen LogP contribution in [0.2, 0.25) is 0 Å². The average Bonchev–Trinajstić information content (AvgIpc) is 2.92. The highest BCUT2D eigenvalue weighted by Crippen LogP contribution is 2.38. The summed E-state index contributed by atoms with van der Waals surface area (Å²) in [5, 5.41) is 0. The van der Waals surface area contributed by atoms with Gasteiger partial charge in [-0.05, 0) is 73.9 Å². The van der Waals surface area contributed by atoms with Crippen LogP contribution in [0, 0.1) is 23.3 Å². The SMILES string of the molecule is C=CCOc1ccc(C(=O)Oc2ccc(-c3ccc(C4CCC(OCC)CC4)c(F)c3F)cc2)c(F)c1F. The molecule has 4 rings (SSSR count). The number of halogens is 4. The van der Waals surface area contributed by atoms with Crippen molar-refractivity contribution in [2.75, 3.05) is 13.2 Å². The van der Waals surface area contributed by atoms with Crippen LogP contribution in [0.3, 0.4) is 0 Å². The zero-order valence-corrected chi connectivity index (χ0v) is 20.9. The van der Waals surface area contributed by atoms with Gasteiger partial charge in [-0.3, -0.25) is 0 Å². The van der Waals surface area contributed by atoms with Gasteiger partial charge >= 0.3 is 5.97 Å². The predicted molar refractivity (Wildman–Crippen MR) is 135 cm³/mol. The van der Waals surface area contributed by atoms with Crippen molar-refractivity contribution in [1.82, 2.24) is 0 Å². The first kappa shape index (κ1) is 27.4. The summed E-state index contributed by atoms with van der Waals surface area (Å²) in [6.45, 7) is 5.97. The molecule has 0 aliphatic heterocycles. The minimum atomic E-state index is -1.41. The largest absolute Gasteiger partial charge is 0.486 e. The molecule has 0 heterocycles. The molecular formula is C30H28F4O4. The van der Waals surface area contributed by atoms with Gasteiger partial charge in [-0.2, -0.15) is 4.39 Å². The standard InChI is InChI=1S/C30H28F4O4/c1-3-17-37-25-16-15-24(28(33)29(25)34)30(35)38-21-11-7-19(8-12-21)23-14-13-22(26(31)27(23)32)18-5-9-20(10-6-18)36-4-2/h3,7-8,11-16,18,20H,1,4-6,9-10,17H2,2H3. The zero-order chi connectivity index (χ0) is 27.2. The van der Waals surface area contributed by atoms with Crippen LogP contribution in [0.1, 0.15) is 54.4 Å². The van der Waals surface area contributed by atoms with Crippen molar-refractivity contribution in [3.8, 4) is 22.6 Å². The van der Waals surface area contributed by atoms with Crippen molar-refractivity contribution in [2.45, 2.75) is 44.6 Å². The molecule has 0 radical (unpaired) electrons. The Morgan fingerprint density at radius 1 is 0.895 bits per heavy atom. The summed E-state index contributed by atoms with van der Waals surface area (Å²) in [6.07, 6.45) is 4.62. The van der Waals surface area contributed by atoms with Crippen LogP contribution in [0.5, 0.6) is 11.5 Å². The summed E-state index contributed by atoms with van der Waals surface area (Å²) in [5.74, 6) is -6.06. The number of rotatable bonds is 9. The van der Waals surface area contributed by atoms with Gasteiger partial charge in [0.05, 0.1) is 11.7 Å². The molecular weight excluding hydrogens is 500 g/mol. The quantitative estimate of drug-likeness (QED) is 0.123. The highest BCUT2D eigenvalue weighted by atomic mass is 19.2. The molecule has 0 atom stereocenters. The molecule has 8 heteroatoms. The van der Waals surface area contributed by atoms with E-state index in [0.29, 0.717) is 17.7 Å². The Morgan fingerprint density at radius 2 is 1.61 bits per heavy atom. The summed E-state index contributed by atoms with van der Waals surface area (Å²) in [5.41, 5.74) is 0.183. The van der Waals surface area contributed by atoms with E-state index in [1.165, 1.54) is 36.4 Å². The van der Waals surface area contributed by atoms with E-state index in [1.807, 2.05) is 6.92 Å². The second-order valence-corrected chi connectivity index (χ2v) is 9.01. The minimum Gasteiger partial charge on any atom is -0.486 e. The van der Waals surface area contributed by atoms with Gasteiger partial charge in [0.15, 0.2) is 23.2 Å². The third-order valence-corrected chi connectivity index (χ3v) is 6.63. The first-order valence-corrected chi connectivity index (χ1v) is 12.5. The number of carbonyl (C=O) groups is 1. The first-order chi connectivity index (χ1) is 18.3. The molecule has 3 aromatic rings. The maximum absolute atomic E-state index is 15.0. The van der Waals surface area contributed by atoms with Crippen LogP contribution in [-0.2, 0) is 4.74 Å². The monoisotopic (exact) mass is 528 g/mol. The van der Waals surface area contributed by atoms with Crippen LogP contribution in [-0.4, -0.2) is 25.3 Å². The van der Waals surface area contributed by atoms with Gasteiger partial charge in [0.25, 0.3) is 0 Å². The summed E-state index contributed by atoms with van der Waals surface area (Å²) in [4.78, 5) is 12.4. The van der Waals surface area contributed by atoms with Crippen molar-refractivity contribution in [3.63, 3.8) is 0 Å². The Bertz CT molecular complexity index is 1300. The van der Waals surface area contributed by atoms with E-state index >= 15 is 8.78 Å². The van der Waals surface area contributed by atoms with E-state index in [-0.39, 0.29) is 35.7 Å². The average molecular weight is 529 g/mol. The predicted octanol–water partition coefficient (Wildman–Crippen LogP) is 7.76. The van der Waals surface area contributed by atoms with Crippen molar-refractivity contribution in [3.05, 3.63) is 95.6 Å². The maximum Gasteiger partial charge on any atom is 0.346 e. The van der Waals surface area contributed by atoms with Gasteiger partial charge in [0.2, 0.25) is 5.82 Å². The zero-order valence-electron chi connectivity index (χ0n) is 20.9. The Morgan fingerprint density at radius 3 is 2.26 bits per heavy atom. The van der Waals surface area contributed by atoms with Crippen LogP contribution >= 0.6 is 0 Å². The maximum atomic E-state index is 15.0. The van der Waals surface area contributed by atoms with E-state index in [1.54, 1.807) is 6.07 Å². The molecule has 0 amide bonds. The summed E-state index contributed by atoms with van der Waals surface area (Å²) >= 11 is 0. The Kier molecular flexibility index (Phi) is 8.84. The Labute approximate surface area is 218 Å². The molecule has 1 aliphatic carbocycles. The molecule has 0 N–H and O–H groups in total. The highest BCUT2D eigenvalue weighted by molar-refractivity contribution is 5.91. The van der Waals surface area contributed by atoms with E-state index in [9.17, 15) is 13.6 Å².